The van der Waals surface area contributed by atoms with Gasteiger partial charge in [0.15, 0.2) is 0 Å². The van der Waals surface area contributed by atoms with Crippen molar-refractivity contribution in [1.29, 1.82) is 0 Å². The molecule has 0 amide bonds. The monoisotopic (exact) mass is 293 g/mol. The molecule has 1 saturated heterocycles. The van der Waals surface area contributed by atoms with Crippen LogP contribution in [0.4, 0.5) is 10.1 Å². The number of anilines is 1. The Morgan fingerprint density at radius 1 is 1.29 bits per heavy atom. The van der Waals surface area contributed by atoms with Crippen LogP contribution in [0.3, 0.4) is 0 Å². The number of benzene rings is 1. The molecule has 1 aliphatic carbocycles. The fraction of sp³-hybridized carbons (Fsp3) is 0.647. The highest BCUT2D eigenvalue weighted by atomic mass is 19.1. The van der Waals surface area contributed by atoms with Crippen LogP contribution in [0.1, 0.15) is 44.9 Å². The van der Waals surface area contributed by atoms with E-state index in [0.717, 1.165) is 12.8 Å². The van der Waals surface area contributed by atoms with Crippen LogP contribution < -0.4 is 10.1 Å². The first-order valence-electron chi connectivity index (χ1n) is 7.96. The van der Waals surface area contributed by atoms with Gasteiger partial charge in [-0.2, -0.15) is 0 Å². The highest BCUT2D eigenvalue weighted by molar-refractivity contribution is 5.49. The second kappa shape index (κ2) is 6.22. The maximum Gasteiger partial charge on any atom is 0.146 e. The van der Waals surface area contributed by atoms with Gasteiger partial charge in [0.1, 0.15) is 11.6 Å². The van der Waals surface area contributed by atoms with Crippen LogP contribution in [0, 0.1) is 5.82 Å². The molecule has 1 aromatic carbocycles. The van der Waals surface area contributed by atoms with E-state index in [1.165, 1.54) is 38.2 Å². The predicted molar refractivity (Wildman–Crippen MR) is 81.4 cm³/mol. The third kappa shape index (κ3) is 3.31. The lowest BCUT2D eigenvalue weighted by Gasteiger charge is -2.33. The Morgan fingerprint density at radius 2 is 2.10 bits per heavy atom. The first kappa shape index (κ1) is 14.6. The summed E-state index contributed by atoms with van der Waals surface area (Å²) < 4.78 is 25.2. The topological polar surface area (TPSA) is 30.5 Å². The molecule has 1 aromatic rings. The number of methoxy groups -OCH3 is 1. The van der Waals surface area contributed by atoms with E-state index in [-0.39, 0.29) is 17.5 Å². The summed E-state index contributed by atoms with van der Waals surface area (Å²) in [4.78, 5) is 0. The van der Waals surface area contributed by atoms with Crippen molar-refractivity contribution in [2.24, 2.45) is 0 Å². The molecule has 2 fully saturated rings. The second-order valence-corrected chi connectivity index (χ2v) is 6.25. The number of hydrogen-bond donors (Lipinski definition) is 1. The molecule has 1 atom stereocenters. The number of hydrogen-bond acceptors (Lipinski definition) is 3. The third-order valence-corrected chi connectivity index (χ3v) is 4.80. The van der Waals surface area contributed by atoms with Crippen molar-refractivity contribution in [2.45, 2.75) is 56.7 Å². The largest absolute Gasteiger partial charge is 0.497 e. The number of halogens is 1. The van der Waals surface area contributed by atoms with Crippen LogP contribution in [-0.2, 0) is 4.74 Å². The average Bonchev–Trinajstić information content (AvgIpc) is 2.90. The molecule has 1 N–H and O–H groups in total. The standard InChI is InChI=1S/C17H24FNO2/c1-20-13-5-6-15(18)16(11-13)19-12-14-7-10-17(21-14)8-3-2-4-9-17/h5-6,11,14,19H,2-4,7-10,12H2,1H3. The molecule has 1 spiro atoms. The first-order chi connectivity index (χ1) is 10.2. The van der Waals surface area contributed by atoms with Crippen molar-refractivity contribution in [3.63, 3.8) is 0 Å². The molecule has 116 valence electrons. The second-order valence-electron chi connectivity index (χ2n) is 6.25. The molecule has 1 unspecified atom stereocenters. The van der Waals surface area contributed by atoms with Crippen molar-refractivity contribution in [3.8, 4) is 5.75 Å². The maximum atomic E-state index is 13.8. The molecule has 0 radical (unpaired) electrons. The van der Waals surface area contributed by atoms with E-state index in [9.17, 15) is 4.39 Å². The molecule has 2 aliphatic rings. The Balaban J connectivity index is 1.56. The van der Waals surface area contributed by atoms with Gasteiger partial charge in [0, 0.05) is 12.6 Å². The van der Waals surface area contributed by atoms with E-state index in [1.807, 2.05) is 0 Å². The molecule has 1 aliphatic heterocycles. The molecule has 21 heavy (non-hydrogen) atoms. The third-order valence-electron chi connectivity index (χ3n) is 4.80. The van der Waals surface area contributed by atoms with E-state index in [2.05, 4.69) is 5.32 Å². The highest BCUT2D eigenvalue weighted by Crippen LogP contribution is 2.41. The minimum Gasteiger partial charge on any atom is -0.497 e. The Labute approximate surface area is 125 Å². The SMILES string of the molecule is COc1ccc(F)c(NCC2CCC3(CCCCC3)O2)c1. The summed E-state index contributed by atoms with van der Waals surface area (Å²) >= 11 is 0. The van der Waals surface area contributed by atoms with Crippen molar-refractivity contribution >= 4 is 5.69 Å². The van der Waals surface area contributed by atoms with Crippen LogP contribution in [0.25, 0.3) is 0 Å². The van der Waals surface area contributed by atoms with Gasteiger partial charge in [-0.25, -0.2) is 4.39 Å². The Hall–Kier alpha value is -1.29. The number of rotatable bonds is 4. The zero-order valence-electron chi connectivity index (χ0n) is 12.7. The molecule has 4 heteroatoms. The van der Waals surface area contributed by atoms with E-state index in [1.54, 1.807) is 19.2 Å². The lowest BCUT2D eigenvalue weighted by Crippen LogP contribution is -2.33. The molecule has 3 nitrogen and oxygen atoms in total. The molecule has 1 saturated carbocycles. The zero-order chi connectivity index (χ0) is 14.7. The zero-order valence-corrected chi connectivity index (χ0v) is 12.7. The minimum atomic E-state index is -0.249. The van der Waals surface area contributed by atoms with Crippen molar-refractivity contribution in [3.05, 3.63) is 24.0 Å². The highest BCUT2D eigenvalue weighted by Gasteiger charge is 2.40. The van der Waals surface area contributed by atoms with E-state index in [0.29, 0.717) is 18.0 Å². The van der Waals surface area contributed by atoms with Gasteiger partial charge in [-0.1, -0.05) is 19.3 Å². The summed E-state index contributed by atoms with van der Waals surface area (Å²) in [7, 11) is 1.59. The van der Waals surface area contributed by atoms with E-state index in [4.69, 9.17) is 9.47 Å². The molecule has 3 rings (SSSR count). The molecule has 0 bridgehead atoms. The van der Waals surface area contributed by atoms with Crippen molar-refractivity contribution in [1.82, 2.24) is 0 Å². The fourth-order valence-electron chi connectivity index (χ4n) is 3.59. The summed E-state index contributed by atoms with van der Waals surface area (Å²) in [5.74, 6) is 0.413. The lowest BCUT2D eigenvalue weighted by molar-refractivity contribution is -0.0588. The summed E-state index contributed by atoms with van der Waals surface area (Å²) in [6.07, 6.45) is 8.69. The van der Waals surface area contributed by atoms with Crippen LogP contribution in [0.5, 0.6) is 5.75 Å². The molecule has 1 heterocycles. The van der Waals surface area contributed by atoms with Gasteiger partial charge in [-0.05, 0) is 37.8 Å². The lowest BCUT2D eigenvalue weighted by atomic mass is 9.83. The maximum absolute atomic E-state index is 13.8. The normalized spacial score (nSPS) is 24.2. The van der Waals surface area contributed by atoms with Gasteiger partial charge >= 0.3 is 0 Å². The first-order valence-corrected chi connectivity index (χ1v) is 7.96. The van der Waals surface area contributed by atoms with E-state index >= 15 is 0 Å². The van der Waals surface area contributed by atoms with Crippen LogP contribution in [0.2, 0.25) is 0 Å². The quantitative estimate of drug-likeness (QED) is 0.905. The molecule has 0 aromatic heterocycles. The van der Waals surface area contributed by atoms with Crippen LogP contribution >= 0.6 is 0 Å². The summed E-state index contributed by atoms with van der Waals surface area (Å²) in [6, 6.07) is 4.75. The smallest absolute Gasteiger partial charge is 0.146 e. The Kier molecular flexibility index (Phi) is 4.34. The van der Waals surface area contributed by atoms with Gasteiger partial charge in [0.25, 0.3) is 0 Å². The Bertz CT molecular complexity index is 486. The molecular formula is C17H24FNO2. The summed E-state index contributed by atoms with van der Waals surface area (Å²) in [5, 5.41) is 3.17. The summed E-state index contributed by atoms with van der Waals surface area (Å²) in [6.45, 7) is 0.659. The van der Waals surface area contributed by atoms with Gasteiger partial charge in [0.2, 0.25) is 0 Å². The average molecular weight is 293 g/mol. The molecular weight excluding hydrogens is 269 g/mol. The van der Waals surface area contributed by atoms with Gasteiger partial charge in [-0.15, -0.1) is 0 Å². The predicted octanol–water partition coefficient (Wildman–Crippen LogP) is 4.13. The van der Waals surface area contributed by atoms with Crippen LogP contribution in [-0.4, -0.2) is 25.4 Å². The number of ether oxygens (including phenoxy) is 2. The fourth-order valence-corrected chi connectivity index (χ4v) is 3.59. The van der Waals surface area contributed by atoms with Gasteiger partial charge in [0.05, 0.1) is 24.5 Å². The van der Waals surface area contributed by atoms with Crippen molar-refractivity contribution < 1.29 is 13.9 Å². The summed E-state index contributed by atoms with van der Waals surface area (Å²) in [5.41, 5.74) is 0.611. The minimum absolute atomic E-state index is 0.123. The van der Waals surface area contributed by atoms with Gasteiger partial charge in [-0.3, -0.25) is 0 Å². The van der Waals surface area contributed by atoms with Gasteiger partial charge < -0.3 is 14.8 Å². The Morgan fingerprint density at radius 3 is 2.86 bits per heavy atom. The van der Waals surface area contributed by atoms with E-state index < -0.39 is 0 Å². The number of nitrogens with one attached hydrogen (secondary N) is 1. The van der Waals surface area contributed by atoms with Crippen LogP contribution in [0.15, 0.2) is 18.2 Å². The van der Waals surface area contributed by atoms with Crippen molar-refractivity contribution in [2.75, 3.05) is 19.0 Å².